The quantitative estimate of drug-likeness (QED) is 0.588. The van der Waals surface area contributed by atoms with Gasteiger partial charge in [-0.25, -0.2) is 13.8 Å². The first-order chi connectivity index (χ1) is 12.5. The van der Waals surface area contributed by atoms with Gasteiger partial charge in [0.2, 0.25) is 5.91 Å². The van der Waals surface area contributed by atoms with Crippen molar-refractivity contribution < 1.29 is 13.6 Å². The molecule has 0 spiro atoms. The number of thioether (sulfide) groups is 1. The number of anilines is 1. The number of aromatic nitrogens is 1. The lowest BCUT2D eigenvalue weighted by Gasteiger charge is -2.05. The van der Waals surface area contributed by atoms with Crippen LogP contribution in [0.1, 0.15) is 16.8 Å². The number of nitrogens with zero attached hydrogens (tertiary/aromatic N) is 1. The number of nitrogens with one attached hydrogen (secondary N) is 1. The van der Waals surface area contributed by atoms with Crippen molar-refractivity contribution in [3.05, 3.63) is 76.3 Å². The fraction of sp³-hybridized carbons (Fsp3) is 0.158. The van der Waals surface area contributed by atoms with Crippen LogP contribution in [-0.2, 0) is 17.0 Å². The monoisotopic (exact) mass is 390 g/mol. The summed E-state index contributed by atoms with van der Waals surface area (Å²) in [6, 6.07) is 11.2. The number of carbonyl (C=O) groups is 1. The highest BCUT2D eigenvalue weighted by Gasteiger charge is 2.10. The van der Waals surface area contributed by atoms with E-state index in [1.54, 1.807) is 42.6 Å². The number of amides is 1. The number of aryl methyl sites for hydroxylation is 1. The Morgan fingerprint density at radius 2 is 2.00 bits per heavy atom. The molecule has 0 unspecified atom stereocenters. The van der Waals surface area contributed by atoms with Gasteiger partial charge in [-0.2, -0.15) is 0 Å². The number of thiazole rings is 1. The minimum absolute atomic E-state index is 0.103. The topological polar surface area (TPSA) is 42.0 Å². The highest BCUT2D eigenvalue weighted by molar-refractivity contribution is 8.00. The summed E-state index contributed by atoms with van der Waals surface area (Å²) in [5.74, 6) is -0.372. The summed E-state index contributed by atoms with van der Waals surface area (Å²) < 4.78 is 27.9. The van der Waals surface area contributed by atoms with E-state index in [-0.39, 0.29) is 24.0 Å². The summed E-state index contributed by atoms with van der Waals surface area (Å²) in [6.45, 7) is 1.66. The smallest absolute Gasteiger partial charge is 0.230 e. The molecule has 3 nitrogen and oxygen atoms in total. The molecular weight excluding hydrogens is 374 g/mol. The van der Waals surface area contributed by atoms with Gasteiger partial charge in [-0.1, -0.05) is 36.0 Å². The zero-order chi connectivity index (χ0) is 18.5. The second-order valence-corrected chi connectivity index (χ2v) is 7.75. The molecule has 0 saturated heterocycles. The molecule has 1 N–H and O–H groups in total. The maximum atomic E-state index is 13.6. The Hall–Kier alpha value is -2.25. The Morgan fingerprint density at radius 3 is 2.77 bits per heavy atom. The first-order valence-electron chi connectivity index (χ1n) is 7.88. The third-order valence-electron chi connectivity index (χ3n) is 3.64. The number of rotatable bonds is 6. The Bertz CT molecular complexity index is 927. The van der Waals surface area contributed by atoms with Crippen LogP contribution in [0.25, 0.3) is 0 Å². The molecular formula is C19H16F2N2OS2. The third kappa shape index (κ3) is 4.89. The molecule has 3 aromatic rings. The summed E-state index contributed by atoms with van der Waals surface area (Å²) in [7, 11) is 0. The average molecular weight is 390 g/mol. The van der Waals surface area contributed by atoms with Crippen LogP contribution >= 0.6 is 23.1 Å². The van der Waals surface area contributed by atoms with Gasteiger partial charge < -0.3 is 5.32 Å². The number of benzene rings is 2. The molecule has 7 heteroatoms. The van der Waals surface area contributed by atoms with Crippen LogP contribution < -0.4 is 5.32 Å². The summed E-state index contributed by atoms with van der Waals surface area (Å²) in [6.07, 6.45) is 0.103. The van der Waals surface area contributed by atoms with Gasteiger partial charge >= 0.3 is 0 Å². The minimum Gasteiger partial charge on any atom is -0.326 e. The molecule has 1 aromatic heterocycles. The molecule has 1 heterocycles. The molecule has 0 bridgehead atoms. The summed E-state index contributed by atoms with van der Waals surface area (Å²) in [5, 5.41) is 4.47. The van der Waals surface area contributed by atoms with Crippen molar-refractivity contribution in [2.45, 2.75) is 23.4 Å². The molecule has 0 aliphatic rings. The van der Waals surface area contributed by atoms with Crippen LogP contribution in [0.15, 0.2) is 52.2 Å². The van der Waals surface area contributed by atoms with Crippen molar-refractivity contribution >= 4 is 34.7 Å². The van der Waals surface area contributed by atoms with E-state index in [1.807, 2.05) is 0 Å². The summed E-state index contributed by atoms with van der Waals surface area (Å²) in [5.41, 5.74) is 2.20. The minimum atomic E-state index is -0.358. The summed E-state index contributed by atoms with van der Waals surface area (Å²) >= 11 is 2.85. The van der Waals surface area contributed by atoms with E-state index in [0.29, 0.717) is 28.3 Å². The molecule has 2 aromatic carbocycles. The van der Waals surface area contributed by atoms with E-state index in [0.717, 1.165) is 4.34 Å². The fourth-order valence-electron chi connectivity index (χ4n) is 2.23. The van der Waals surface area contributed by atoms with E-state index in [1.165, 1.54) is 35.2 Å². The van der Waals surface area contributed by atoms with Gasteiger partial charge in [-0.15, -0.1) is 11.3 Å². The standard InChI is InChI=1S/C19H16F2N2OS2/c1-12-6-7-14(8-17(12)21)22-18(24)9-15-11-26-19(23-15)25-10-13-4-2-3-5-16(13)20/h2-8,11H,9-10H2,1H3,(H,22,24). The zero-order valence-electron chi connectivity index (χ0n) is 14.0. The zero-order valence-corrected chi connectivity index (χ0v) is 15.6. The fourth-order valence-corrected chi connectivity index (χ4v) is 4.06. The van der Waals surface area contributed by atoms with Crippen molar-refractivity contribution in [3.63, 3.8) is 0 Å². The van der Waals surface area contributed by atoms with Crippen molar-refractivity contribution in [2.24, 2.45) is 0 Å². The van der Waals surface area contributed by atoms with Gasteiger partial charge in [-0.05, 0) is 36.2 Å². The van der Waals surface area contributed by atoms with Crippen LogP contribution in [0.5, 0.6) is 0 Å². The molecule has 1 amide bonds. The van der Waals surface area contributed by atoms with Crippen molar-refractivity contribution in [3.8, 4) is 0 Å². The van der Waals surface area contributed by atoms with Gasteiger partial charge in [0.25, 0.3) is 0 Å². The second kappa shape index (κ2) is 8.42. The highest BCUT2D eigenvalue weighted by Crippen LogP contribution is 2.27. The molecule has 0 fully saturated rings. The van der Waals surface area contributed by atoms with E-state index in [9.17, 15) is 13.6 Å². The Balaban J connectivity index is 1.55. The predicted octanol–water partition coefficient (Wildman–Crippen LogP) is 5.20. The Kier molecular flexibility index (Phi) is 6.00. The molecule has 3 rings (SSSR count). The van der Waals surface area contributed by atoms with E-state index < -0.39 is 0 Å². The molecule has 26 heavy (non-hydrogen) atoms. The van der Waals surface area contributed by atoms with Gasteiger partial charge in [0.15, 0.2) is 0 Å². The average Bonchev–Trinajstić information content (AvgIpc) is 3.05. The van der Waals surface area contributed by atoms with Gasteiger partial charge in [0.1, 0.15) is 16.0 Å². The predicted molar refractivity (Wildman–Crippen MR) is 102 cm³/mol. The van der Waals surface area contributed by atoms with E-state index >= 15 is 0 Å². The van der Waals surface area contributed by atoms with Crippen LogP contribution in [0.4, 0.5) is 14.5 Å². The number of hydrogen-bond donors (Lipinski definition) is 1. The molecule has 0 radical (unpaired) electrons. The lowest BCUT2D eigenvalue weighted by atomic mass is 10.2. The molecule has 0 atom stereocenters. The maximum absolute atomic E-state index is 13.6. The first kappa shape index (κ1) is 18.5. The van der Waals surface area contributed by atoms with Gasteiger partial charge in [-0.3, -0.25) is 4.79 Å². The molecule has 134 valence electrons. The van der Waals surface area contributed by atoms with E-state index in [2.05, 4.69) is 10.3 Å². The van der Waals surface area contributed by atoms with Gasteiger partial charge in [0.05, 0.1) is 12.1 Å². The molecule has 0 aliphatic heterocycles. The summed E-state index contributed by atoms with van der Waals surface area (Å²) in [4.78, 5) is 16.5. The van der Waals surface area contributed by atoms with Crippen LogP contribution in [0.3, 0.4) is 0 Å². The molecule has 0 saturated carbocycles. The van der Waals surface area contributed by atoms with E-state index in [4.69, 9.17) is 0 Å². The maximum Gasteiger partial charge on any atom is 0.230 e. The number of carbonyl (C=O) groups excluding carboxylic acids is 1. The second-order valence-electron chi connectivity index (χ2n) is 5.67. The molecule has 0 aliphatic carbocycles. The Labute approximate surface area is 158 Å². The number of hydrogen-bond acceptors (Lipinski definition) is 4. The highest BCUT2D eigenvalue weighted by atomic mass is 32.2. The van der Waals surface area contributed by atoms with Gasteiger partial charge in [0, 0.05) is 16.8 Å². The van der Waals surface area contributed by atoms with Crippen molar-refractivity contribution in [2.75, 3.05) is 5.32 Å². The van der Waals surface area contributed by atoms with Crippen LogP contribution in [0, 0.1) is 18.6 Å². The number of halogens is 2. The first-order valence-corrected chi connectivity index (χ1v) is 9.74. The normalized spacial score (nSPS) is 10.7. The van der Waals surface area contributed by atoms with Crippen LogP contribution in [-0.4, -0.2) is 10.9 Å². The lowest BCUT2D eigenvalue weighted by molar-refractivity contribution is -0.115. The van der Waals surface area contributed by atoms with Crippen molar-refractivity contribution in [1.29, 1.82) is 0 Å². The lowest BCUT2D eigenvalue weighted by Crippen LogP contribution is -2.14. The largest absolute Gasteiger partial charge is 0.326 e. The third-order valence-corrected chi connectivity index (χ3v) is 5.76. The van der Waals surface area contributed by atoms with Crippen LogP contribution in [0.2, 0.25) is 0 Å². The Morgan fingerprint density at radius 1 is 1.19 bits per heavy atom. The van der Waals surface area contributed by atoms with Crippen molar-refractivity contribution in [1.82, 2.24) is 4.98 Å². The SMILES string of the molecule is Cc1ccc(NC(=O)Cc2csc(SCc3ccccc3F)n2)cc1F.